The molecule has 0 aliphatic heterocycles. The van der Waals surface area contributed by atoms with Crippen molar-refractivity contribution in [1.29, 1.82) is 0 Å². The van der Waals surface area contributed by atoms with Crippen LogP contribution < -0.4 is 0 Å². The van der Waals surface area contributed by atoms with E-state index in [-0.39, 0.29) is 5.38 Å². The Morgan fingerprint density at radius 2 is 2.25 bits per heavy atom. The molecule has 0 rings (SSSR count). The lowest BCUT2D eigenvalue weighted by Crippen LogP contribution is -2.05. The number of halogens is 1. The van der Waals surface area contributed by atoms with E-state index in [4.69, 9.17) is 11.6 Å². The summed E-state index contributed by atoms with van der Waals surface area (Å²) in [6.45, 7) is 7.85. The van der Waals surface area contributed by atoms with Crippen molar-refractivity contribution < 1.29 is 0 Å². The van der Waals surface area contributed by atoms with Gasteiger partial charge in [-0.05, 0) is 5.92 Å². The zero-order valence-corrected chi connectivity index (χ0v) is 6.28. The number of alkyl halides is 1. The molecule has 0 saturated carbocycles. The summed E-state index contributed by atoms with van der Waals surface area (Å²) in [5, 5.41) is 0.153. The smallest absolute Gasteiger partial charge is 0.0538 e. The van der Waals surface area contributed by atoms with Crippen LogP contribution in [-0.4, -0.2) is 5.38 Å². The summed E-state index contributed by atoms with van der Waals surface area (Å²) in [5.41, 5.74) is 0. The summed E-state index contributed by atoms with van der Waals surface area (Å²) in [5.74, 6) is 0.564. The second-order valence-corrected chi connectivity index (χ2v) is 2.57. The molecule has 0 aliphatic rings. The normalized spacial score (nSPS) is 17.4. The second-order valence-electron chi connectivity index (χ2n) is 2.07. The summed E-state index contributed by atoms with van der Waals surface area (Å²) in [6.07, 6.45) is 2.91. The van der Waals surface area contributed by atoms with Crippen LogP contribution >= 0.6 is 11.6 Å². The quantitative estimate of drug-likeness (QED) is 0.409. The molecule has 0 radical (unpaired) electrons. The van der Waals surface area contributed by atoms with Crippen LogP contribution in [-0.2, 0) is 0 Å². The molecular weight excluding hydrogens is 120 g/mol. The van der Waals surface area contributed by atoms with Gasteiger partial charge in [-0.3, -0.25) is 0 Å². The fourth-order valence-electron chi connectivity index (χ4n) is 0.457. The van der Waals surface area contributed by atoms with Gasteiger partial charge in [0.05, 0.1) is 5.38 Å². The highest BCUT2D eigenvalue weighted by atomic mass is 35.5. The summed E-state index contributed by atoms with van der Waals surface area (Å²) in [4.78, 5) is 0. The Bertz CT molecular complexity index is 68.8. The zero-order valence-electron chi connectivity index (χ0n) is 5.52. The molecule has 48 valence electrons. The maximum atomic E-state index is 5.80. The maximum absolute atomic E-state index is 5.80. The van der Waals surface area contributed by atoms with Crippen molar-refractivity contribution in [3.8, 4) is 0 Å². The van der Waals surface area contributed by atoms with Crippen molar-refractivity contribution in [3.05, 3.63) is 12.7 Å². The molecule has 0 aromatic carbocycles. The van der Waals surface area contributed by atoms with E-state index in [2.05, 4.69) is 20.4 Å². The van der Waals surface area contributed by atoms with Gasteiger partial charge in [-0.2, -0.15) is 0 Å². The summed E-state index contributed by atoms with van der Waals surface area (Å²) in [7, 11) is 0. The van der Waals surface area contributed by atoms with Gasteiger partial charge < -0.3 is 0 Å². The molecule has 2 atom stereocenters. The van der Waals surface area contributed by atoms with Crippen molar-refractivity contribution in [1.82, 2.24) is 0 Å². The lowest BCUT2D eigenvalue weighted by Gasteiger charge is -2.09. The Labute approximate surface area is 56.5 Å². The Morgan fingerprint density at radius 3 is 2.38 bits per heavy atom. The molecular formula is C7H13Cl. The van der Waals surface area contributed by atoms with Crippen LogP contribution in [0.2, 0.25) is 0 Å². The van der Waals surface area contributed by atoms with Crippen LogP contribution in [0.3, 0.4) is 0 Å². The number of hydrogen-bond acceptors (Lipinski definition) is 0. The van der Waals surface area contributed by atoms with Crippen molar-refractivity contribution >= 4 is 11.6 Å². The first-order chi connectivity index (χ1) is 3.72. The Morgan fingerprint density at radius 1 is 1.75 bits per heavy atom. The van der Waals surface area contributed by atoms with Crippen LogP contribution in [0.25, 0.3) is 0 Å². The van der Waals surface area contributed by atoms with Crippen molar-refractivity contribution in [3.63, 3.8) is 0 Å². The van der Waals surface area contributed by atoms with Crippen LogP contribution in [0, 0.1) is 5.92 Å². The average molecular weight is 133 g/mol. The molecule has 8 heavy (non-hydrogen) atoms. The largest absolute Gasteiger partial charge is 0.118 e. The highest BCUT2D eigenvalue weighted by molar-refractivity contribution is 6.21. The minimum atomic E-state index is 0.153. The van der Waals surface area contributed by atoms with Gasteiger partial charge in [0.25, 0.3) is 0 Å². The molecule has 2 unspecified atom stereocenters. The van der Waals surface area contributed by atoms with Gasteiger partial charge in [0, 0.05) is 0 Å². The number of hydrogen-bond donors (Lipinski definition) is 0. The SMILES string of the molecule is C=CC(Cl)C(C)CC. The molecule has 0 N–H and O–H groups in total. The average Bonchev–Trinajstić information content (AvgIpc) is 1.84. The van der Waals surface area contributed by atoms with Crippen LogP contribution in [0.15, 0.2) is 12.7 Å². The Kier molecular flexibility index (Phi) is 3.98. The third-order valence-electron chi connectivity index (χ3n) is 1.41. The first-order valence-corrected chi connectivity index (χ1v) is 3.42. The van der Waals surface area contributed by atoms with Crippen LogP contribution in [0.1, 0.15) is 20.3 Å². The van der Waals surface area contributed by atoms with Gasteiger partial charge in [-0.25, -0.2) is 0 Å². The summed E-state index contributed by atoms with van der Waals surface area (Å²) >= 11 is 5.80. The standard InChI is InChI=1S/C7H13Cl/c1-4-6(3)7(8)5-2/h5-7H,2,4H2,1,3H3. The lowest BCUT2D eigenvalue weighted by molar-refractivity contribution is 0.579. The molecule has 0 aromatic heterocycles. The lowest BCUT2D eigenvalue weighted by atomic mass is 10.1. The Balaban J connectivity index is 3.44. The highest BCUT2D eigenvalue weighted by Gasteiger charge is 2.06. The van der Waals surface area contributed by atoms with Crippen molar-refractivity contribution in [2.45, 2.75) is 25.6 Å². The minimum Gasteiger partial charge on any atom is -0.118 e. The predicted octanol–water partition coefficient (Wildman–Crippen LogP) is 2.83. The molecule has 0 aromatic rings. The van der Waals surface area contributed by atoms with Crippen molar-refractivity contribution in [2.75, 3.05) is 0 Å². The molecule has 0 spiro atoms. The predicted molar refractivity (Wildman–Crippen MR) is 39.3 cm³/mol. The molecule has 0 nitrogen and oxygen atoms in total. The van der Waals surface area contributed by atoms with Gasteiger partial charge in [0.1, 0.15) is 0 Å². The van der Waals surface area contributed by atoms with Gasteiger partial charge in [-0.15, -0.1) is 18.2 Å². The molecule has 0 heterocycles. The number of rotatable bonds is 3. The van der Waals surface area contributed by atoms with E-state index < -0.39 is 0 Å². The molecule has 0 bridgehead atoms. The van der Waals surface area contributed by atoms with Crippen molar-refractivity contribution in [2.24, 2.45) is 5.92 Å². The zero-order chi connectivity index (χ0) is 6.57. The van der Waals surface area contributed by atoms with Gasteiger partial charge in [0.2, 0.25) is 0 Å². The van der Waals surface area contributed by atoms with Gasteiger partial charge in [-0.1, -0.05) is 26.3 Å². The fourth-order valence-corrected chi connectivity index (χ4v) is 0.636. The minimum absolute atomic E-state index is 0.153. The van der Waals surface area contributed by atoms with E-state index >= 15 is 0 Å². The fraction of sp³-hybridized carbons (Fsp3) is 0.714. The topological polar surface area (TPSA) is 0 Å². The van der Waals surface area contributed by atoms with E-state index in [9.17, 15) is 0 Å². The third-order valence-corrected chi connectivity index (χ3v) is 2.02. The third kappa shape index (κ3) is 2.37. The second kappa shape index (κ2) is 3.96. The van der Waals surface area contributed by atoms with Crippen LogP contribution in [0.5, 0.6) is 0 Å². The molecule has 0 amide bonds. The van der Waals surface area contributed by atoms with Crippen LogP contribution in [0.4, 0.5) is 0 Å². The van der Waals surface area contributed by atoms with E-state index in [0.29, 0.717) is 5.92 Å². The van der Waals surface area contributed by atoms with E-state index in [0.717, 1.165) is 6.42 Å². The monoisotopic (exact) mass is 132 g/mol. The molecule has 1 heteroatoms. The van der Waals surface area contributed by atoms with E-state index in [1.54, 1.807) is 6.08 Å². The highest BCUT2D eigenvalue weighted by Crippen LogP contribution is 2.13. The molecule has 0 aliphatic carbocycles. The summed E-state index contributed by atoms with van der Waals surface area (Å²) < 4.78 is 0. The maximum Gasteiger partial charge on any atom is 0.0538 e. The Hall–Kier alpha value is 0.0300. The first kappa shape index (κ1) is 8.03. The van der Waals surface area contributed by atoms with E-state index in [1.165, 1.54) is 0 Å². The first-order valence-electron chi connectivity index (χ1n) is 2.99. The summed E-state index contributed by atoms with van der Waals surface area (Å²) in [6, 6.07) is 0. The van der Waals surface area contributed by atoms with Gasteiger partial charge >= 0.3 is 0 Å². The van der Waals surface area contributed by atoms with E-state index in [1.807, 2.05) is 0 Å². The number of allylic oxidation sites excluding steroid dienone is 1. The van der Waals surface area contributed by atoms with Gasteiger partial charge in [0.15, 0.2) is 0 Å². The molecule has 0 fully saturated rings. The molecule has 0 saturated heterocycles.